The van der Waals surface area contributed by atoms with Crippen LogP contribution in [0.15, 0.2) is 47.7 Å². The minimum Gasteiger partial charge on any atom is -0.370 e. The first-order valence-electron chi connectivity index (χ1n) is 6.89. The molecule has 0 amide bonds. The largest absolute Gasteiger partial charge is 0.370 e. The Morgan fingerprint density at radius 2 is 1.89 bits per heavy atom. The van der Waals surface area contributed by atoms with Crippen molar-refractivity contribution in [2.24, 2.45) is 0 Å². The van der Waals surface area contributed by atoms with Crippen LogP contribution in [0.5, 0.6) is 0 Å². The number of rotatable bonds is 2. The van der Waals surface area contributed by atoms with Gasteiger partial charge in [0.15, 0.2) is 0 Å². The molecule has 1 heterocycles. The Labute approximate surface area is 111 Å². The van der Waals surface area contributed by atoms with Crippen LogP contribution in [-0.4, -0.2) is 11.9 Å². The van der Waals surface area contributed by atoms with E-state index in [0.29, 0.717) is 0 Å². The van der Waals surface area contributed by atoms with Crippen LogP contribution in [0.3, 0.4) is 0 Å². The number of nitrogens with zero attached hydrogens (tertiary/aromatic N) is 1. The zero-order valence-electron chi connectivity index (χ0n) is 11.7. The molecule has 0 unspecified atom stereocenters. The Bertz CT molecular complexity index is 468. The highest BCUT2D eigenvalue weighted by Gasteiger charge is 2.14. The first-order valence-corrected chi connectivity index (χ1v) is 6.89. The van der Waals surface area contributed by atoms with Gasteiger partial charge in [0, 0.05) is 19.3 Å². The molecule has 0 spiro atoms. The van der Waals surface area contributed by atoms with E-state index in [9.17, 15) is 0 Å². The summed E-state index contributed by atoms with van der Waals surface area (Å²) in [5.41, 5.74) is 5.96. The number of hydrogen-bond donors (Lipinski definition) is 0. The Morgan fingerprint density at radius 3 is 2.56 bits per heavy atom. The van der Waals surface area contributed by atoms with Crippen LogP contribution in [0.1, 0.15) is 37.8 Å². The molecular formula is C17H23N. The molecule has 1 aromatic rings. The van der Waals surface area contributed by atoms with E-state index in [4.69, 9.17) is 0 Å². The van der Waals surface area contributed by atoms with Gasteiger partial charge in [0.1, 0.15) is 0 Å². The van der Waals surface area contributed by atoms with E-state index in [0.717, 1.165) is 13.0 Å². The second kappa shape index (κ2) is 5.90. The third kappa shape index (κ3) is 2.66. The maximum Gasteiger partial charge on any atom is 0.0428 e. The molecule has 1 aliphatic rings. The van der Waals surface area contributed by atoms with Crippen molar-refractivity contribution in [2.75, 3.05) is 7.05 Å². The van der Waals surface area contributed by atoms with Crippen LogP contribution >= 0.6 is 0 Å². The van der Waals surface area contributed by atoms with E-state index < -0.39 is 0 Å². The van der Waals surface area contributed by atoms with Crippen molar-refractivity contribution in [1.29, 1.82) is 0 Å². The standard InChI is InChI=1S/C17H23N/c1-4-8-17-14(5-2)11-12-15-9-6-7-10-16(15)13-18(17)3/h4,6-10H,5,11-13H2,1-3H3/b8-4-,17-14-. The number of benzene rings is 1. The van der Waals surface area contributed by atoms with Gasteiger partial charge in [-0.05, 0) is 49.0 Å². The van der Waals surface area contributed by atoms with Crippen LogP contribution in [0.4, 0.5) is 0 Å². The zero-order valence-corrected chi connectivity index (χ0v) is 11.7. The Hall–Kier alpha value is -1.50. The van der Waals surface area contributed by atoms with Crippen LogP contribution in [-0.2, 0) is 13.0 Å². The Balaban J connectivity index is 2.38. The van der Waals surface area contributed by atoms with E-state index >= 15 is 0 Å². The van der Waals surface area contributed by atoms with E-state index in [2.05, 4.69) is 62.2 Å². The fraction of sp³-hybridized carbons (Fsp3) is 0.412. The summed E-state index contributed by atoms with van der Waals surface area (Å²) >= 11 is 0. The lowest BCUT2D eigenvalue weighted by Gasteiger charge is -2.28. The molecule has 0 radical (unpaired) electrons. The average Bonchev–Trinajstić information content (AvgIpc) is 2.38. The third-order valence-electron chi connectivity index (χ3n) is 3.75. The number of allylic oxidation sites excluding steroid dienone is 3. The van der Waals surface area contributed by atoms with Crippen molar-refractivity contribution in [3.8, 4) is 0 Å². The van der Waals surface area contributed by atoms with Gasteiger partial charge in [0.2, 0.25) is 0 Å². The summed E-state index contributed by atoms with van der Waals surface area (Å²) in [6.45, 7) is 5.38. The van der Waals surface area contributed by atoms with Gasteiger partial charge in [-0.3, -0.25) is 0 Å². The number of aryl methyl sites for hydroxylation is 1. The molecule has 1 aliphatic heterocycles. The predicted octanol–water partition coefficient (Wildman–Crippen LogP) is 4.30. The topological polar surface area (TPSA) is 3.24 Å². The van der Waals surface area contributed by atoms with Crippen LogP contribution < -0.4 is 0 Å². The number of fused-ring (bicyclic) bond motifs is 1. The minimum atomic E-state index is 1.01. The Kier molecular flexibility index (Phi) is 4.24. The van der Waals surface area contributed by atoms with Crippen molar-refractivity contribution in [1.82, 2.24) is 4.90 Å². The minimum absolute atomic E-state index is 1.01. The van der Waals surface area contributed by atoms with Gasteiger partial charge in [0.25, 0.3) is 0 Å². The van der Waals surface area contributed by atoms with Crippen molar-refractivity contribution in [3.63, 3.8) is 0 Å². The quantitative estimate of drug-likeness (QED) is 0.746. The van der Waals surface area contributed by atoms with Crippen molar-refractivity contribution >= 4 is 0 Å². The van der Waals surface area contributed by atoms with Gasteiger partial charge in [0.05, 0.1) is 0 Å². The molecule has 18 heavy (non-hydrogen) atoms. The van der Waals surface area contributed by atoms with E-state index in [1.54, 1.807) is 5.57 Å². The molecule has 0 saturated carbocycles. The maximum atomic E-state index is 2.39. The summed E-state index contributed by atoms with van der Waals surface area (Å²) < 4.78 is 0. The molecular weight excluding hydrogens is 218 g/mol. The monoisotopic (exact) mass is 241 g/mol. The zero-order chi connectivity index (χ0) is 13.0. The molecule has 0 atom stereocenters. The third-order valence-corrected chi connectivity index (χ3v) is 3.75. The molecule has 0 saturated heterocycles. The molecule has 0 fully saturated rings. The Morgan fingerprint density at radius 1 is 1.17 bits per heavy atom. The van der Waals surface area contributed by atoms with E-state index in [1.807, 2.05) is 0 Å². The lowest BCUT2D eigenvalue weighted by molar-refractivity contribution is 0.410. The van der Waals surface area contributed by atoms with Crippen LogP contribution in [0.2, 0.25) is 0 Å². The van der Waals surface area contributed by atoms with Crippen LogP contribution in [0, 0.1) is 0 Å². The SMILES string of the molecule is C/C=C\C1=C(/CC)CCc2ccccc2CN1C. The molecule has 1 nitrogen and oxygen atoms in total. The first kappa shape index (κ1) is 12.9. The highest BCUT2D eigenvalue weighted by atomic mass is 15.1. The number of hydrogen-bond acceptors (Lipinski definition) is 1. The van der Waals surface area contributed by atoms with Gasteiger partial charge in [-0.2, -0.15) is 0 Å². The van der Waals surface area contributed by atoms with Gasteiger partial charge >= 0.3 is 0 Å². The summed E-state index contributed by atoms with van der Waals surface area (Å²) in [5, 5.41) is 0. The van der Waals surface area contributed by atoms with Gasteiger partial charge in [-0.15, -0.1) is 0 Å². The van der Waals surface area contributed by atoms with Gasteiger partial charge in [-0.1, -0.05) is 37.3 Å². The van der Waals surface area contributed by atoms with E-state index in [-0.39, 0.29) is 0 Å². The smallest absolute Gasteiger partial charge is 0.0428 e. The summed E-state index contributed by atoms with van der Waals surface area (Å²) in [6.07, 6.45) is 7.90. The fourth-order valence-corrected chi connectivity index (χ4v) is 2.74. The fourth-order valence-electron chi connectivity index (χ4n) is 2.74. The molecule has 0 bridgehead atoms. The molecule has 0 aromatic heterocycles. The molecule has 0 aliphatic carbocycles. The average molecular weight is 241 g/mol. The second-order valence-electron chi connectivity index (χ2n) is 4.97. The highest BCUT2D eigenvalue weighted by molar-refractivity contribution is 5.33. The van der Waals surface area contributed by atoms with Gasteiger partial charge in [-0.25, -0.2) is 0 Å². The predicted molar refractivity (Wildman–Crippen MR) is 78.4 cm³/mol. The molecule has 2 rings (SSSR count). The summed E-state index contributed by atoms with van der Waals surface area (Å²) in [5.74, 6) is 0. The molecule has 0 N–H and O–H groups in total. The molecule has 1 aromatic carbocycles. The first-order chi connectivity index (χ1) is 8.76. The summed E-state index contributed by atoms with van der Waals surface area (Å²) in [7, 11) is 2.20. The van der Waals surface area contributed by atoms with Crippen molar-refractivity contribution in [2.45, 2.75) is 39.7 Å². The molecule has 96 valence electrons. The highest BCUT2D eigenvalue weighted by Crippen LogP contribution is 2.26. The van der Waals surface area contributed by atoms with Crippen LogP contribution in [0.25, 0.3) is 0 Å². The molecule has 1 heteroatoms. The summed E-state index contributed by atoms with van der Waals surface area (Å²) in [4.78, 5) is 2.39. The summed E-state index contributed by atoms with van der Waals surface area (Å²) in [6, 6.07) is 8.84. The lowest BCUT2D eigenvalue weighted by atomic mass is 9.94. The number of likely N-dealkylation sites (N-methyl/N-ethyl adjacent to an activating group) is 1. The van der Waals surface area contributed by atoms with Crippen molar-refractivity contribution < 1.29 is 0 Å². The van der Waals surface area contributed by atoms with E-state index in [1.165, 1.54) is 29.7 Å². The second-order valence-corrected chi connectivity index (χ2v) is 4.97. The lowest BCUT2D eigenvalue weighted by Crippen LogP contribution is -2.21. The normalized spacial score (nSPS) is 20.7. The maximum absolute atomic E-state index is 2.39. The van der Waals surface area contributed by atoms with Crippen molar-refractivity contribution in [3.05, 3.63) is 58.8 Å². The van der Waals surface area contributed by atoms with Gasteiger partial charge < -0.3 is 4.90 Å².